The zero-order chi connectivity index (χ0) is 27.6. The Kier molecular flexibility index (Phi) is 10.7. The van der Waals surface area contributed by atoms with Crippen LogP contribution >= 0.6 is 15.9 Å². The summed E-state index contributed by atoms with van der Waals surface area (Å²) < 4.78 is 1.10. The number of rotatable bonds is 11. The van der Waals surface area contributed by atoms with Crippen molar-refractivity contribution >= 4 is 27.7 Å². The van der Waals surface area contributed by atoms with E-state index in [1.807, 2.05) is 54.6 Å². The average Bonchev–Trinajstić information content (AvgIpc) is 2.98. The third-order valence-electron chi connectivity index (χ3n) is 7.80. The van der Waals surface area contributed by atoms with Crippen molar-refractivity contribution < 1.29 is 9.59 Å². The van der Waals surface area contributed by atoms with E-state index in [9.17, 15) is 9.59 Å². The number of nitrogens with one attached hydrogen (secondary N) is 1. The predicted molar refractivity (Wildman–Crippen MR) is 161 cm³/mol. The van der Waals surface area contributed by atoms with Crippen molar-refractivity contribution in [2.24, 2.45) is 5.92 Å². The Morgan fingerprint density at radius 2 is 1.49 bits per heavy atom. The van der Waals surface area contributed by atoms with Gasteiger partial charge in [0.15, 0.2) is 0 Å². The molecule has 3 aromatic rings. The highest BCUT2D eigenvalue weighted by Gasteiger charge is 2.31. The minimum Gasteiger partial charge on any atom is -0.348 e. The molecule has 1 aliphatic heterocycles. The number of likely N-dealkylation sites (tertiary alicyclic amines) is 1. The fourth-order valence-electron chi connectivity index (χ4n) is 5.34. The van der Waals surface area contributed by atoms with E-state index in [2.05, 4.69) is 69.2 Å². The molecule has 0 atom stereocenters. The summed E-state index contributed by atoms with van der Waals surface area (Å²) in [6, 6.07) is 26.4. The average molecular weight is 591 g/mol. The summed E-state index contributed by atoms with van der Waals surface area (Å²) in [6.07, 6.45) is 3.66. The maximum absolute atomic E-state index is 13.7. The van der Waals surface area contributed by atoms with Crippen LogP contribution in [0.4, 0.5) is 0 Å². The SMILES string of the molecule is CCC(CC)C(=O)N(Cc1ccc(C(=O)NCc2ccccc2)cc1)C1CCN(Cc2ccc(Br)cc2)CC1. The van der Waals surface area contributed by atoms with E-state index >= 15 is 0 Å². The van der Waals surface area contributed by atoms with Gasteiger partial charge in [0.25, 0.3) is 5.91 Å². The molecule has 0 bridgehead atoms. The molecule has 6 heteroatoms. The number of halogens is 1. The van der Waals surface area contributed by atoms with Crippen LogP contribution in [0.1, 0.15) is 66.6 Å². The molecule has 0 saturated carbocycles. The third kappa shape index (κ3) is 8.26. The van der Waals surface area contributed by atoms with Gasteiger partial charge in [0.2, 0.25) is 5.91 Å². The number of hydrogen-bond donors (Lipinski definition) is 1. The fourth-order valence-corrected chi connectivity index (χ4v) is 5.60. The summed E-state index contributed by atoms with van der Waals surface area (Å²) in [5.41, 5.74) is 4.08. The Morgan fingerprint density at radius 1 is 0.872 bits per heavy atom. The first-order valence-corrected chi connectivity index (χ1v) is 14.9. The van der Waals surface area contributed by atoms with Crippen LogP contribution in [0.25, 0.3) is 0 Å². The van der Waals surface area contributed by atoms with Crippen molar-refractivity contribution in [1.82, 2.24) is 15.1 Å². The summed E-state index contributed by atoms with van der Waals surface area (Å²) in [5, 5.41) is 2.99. The minimum atomic E-state index is -0.0893. The molecule has 0 aliphatic carbocycles. The Hall–Kier alpha value is -2.96. The highest BCUT2D eigenvalue weighted by atomic mass is 79.9. The molecule has 5 nitrogen and oxygen atoms in total. The van der Waals surface area contributed by atoms with Crippen molar-refractivity contribution in [3.8, 4) is 0 Å². The van der Waals surface area contributed by atoms with Gasteiger partial charge in [0, 0.05) is 54.7 Å². The summed E-state index contributed by atoms with van der Waals surface area (Å²) >= 11 is 3.51. The van der Waals surface area contributed by atoms with Crippen molar-refractivity contribution in [3.63, 3.8) is 0 Å². The second kappa shape index (κ2) is 14.4. The lowest BCUT2D eigenvalue weighted by Gasteiger charge is -2.40. The molecule has 1 saturated heterocycles. The van der Waals surface area contributed by atoms with Gasteiger partial charge in [-0.25, -0.2) is 0 Å². The van der Waals surface area contributed by atoms with Gasteiger partial charge in [-0.3, -0.25) is 14.5 Å². The standard InChI is InChI=1S/C33H40BrN3O2/c1-3-28(4-2)33(39)37(31-18-20-36(21-19-31)23-26-12-16-30(34)17-13-26)24-27-10-14-29(15-11-27)32(38)35-22-25-8-6-5-7-9-25/h5-17,28,31H,3-4,18-24H2,1-2H3,(H,35,38). The van der Waals surface area contributed by atoms with E-state index in [1.54, 1.807) is 0 Å². The maximum atomic E-state index is 13.7. The Bertz CT molecular complexity index is 1190. The fraction of sp³-hybridized carbons (Fsp3) is 0.394. The number of nitrogens with zero attached hydrogens (tertiary/aromatic N) is 2. The highest BCUT2D eigenvalue weighted by Crippen LogP contribution is 2.25. The first kappa shape index (κ1) is 29.0. The lowest BCUT2D eigenvalue weighted by atomic mass is 9.96. The van der Waals surface area contributed by atoms with Gasteiger partial charge in [-0.1, -0.05) is 84.4 Å². The molecule has 1 N–H and O–H groups in total. The number of piperidine rings is 1. The van der Waals surface area contributed by atoms with Crippen LogP contribution in [-0.4, -0.2) is 40.7 Å². The molecule has 3 aromatic carbocycles. The van der Waals surface area contributed by atoms with Gasteiger partial charge in [0.05, 0.1) is 0 Å². The quantitative estimate of drug-likeness (QED) is 0.267. The van der Waals surface area contributed by atoms with Gasteiger partial charge >= 0.3 is 0 Å². The van der Waals surface area contributed by atoms with Crippen molar-refractivity contribution in [2.45, 2.75) is 65.2 Å². The molecular formula is C33H40BrN3O2. The van der Waals surface area contributed by atoms with E-state index in [0.717, 1.165) is 60.9 Å². The van der Waals surface area contributed by atoms with Crippen LogP contribution in [0.15, 0.2) is 83.3 Å². The van der Waals surface area contributed by atoms with Crippen LogP contribution in [0.5, 0.6) is 0 Å². The Morgan fingerprint density at radius 3 is 2.10 bits per heavy atom. The van der Waals surface area contributed by atoms with Crippen LogP contribution in [0, 0.1) is 5.92 Å². The van der Waals surface area contributed by atoms with E-state index in [-0.39, 0.29) is 23.8 Å². The normalized spacial score (nSPS) is 14.4. The summed E-state index contributed by atoms with van der Waals surface area (Å²) in [7, 11) is 0. The molecule has 0 aromatic heterocycles. The number of hydrogen-bond acceptors (Lipinski definition) is 3. The third-order valence-corrected chi connectivity index (χ3v) is 8.33. The second-order valence-electron chi connectivity index (χ2n) is 10.5. The molecular weight excluding hydrogens is 550 g/mol. The molecule has 39 heavy (non-hydrogen) atoms. The van der Waals surface area contributed by atoms with Crippen LogP contribution < -0.4 is 5.32 Å². The van der Waals surface area contributed by atoms with Crippen molar-refractivity contribution in [2.75, 3.05) is 13.1 Å². The van der Waals surface area contributed by atoms with Gasteiger partial charge in [-0.2, -0.15) is 0 Å². The van der Waals surface area contributed by atoms with Gasteiger partial charge in [-0.15, -0.1) is 0 Å². The summed E-state index contributed by atoms with van der Waals surface area (Å²) in [5.74, 6) is 0.221. The predicted octanol–water partition coefficient (Wildman–Crippen LogP) is 6.81. The van der Waals surface area contributed by atoms with E-state index in [1.165, 1.54) is 5.56 Å². The monoisotopic (exact) mass is 589 g/mol. The zero-order valence-electron chi connectivity index (χ0n) is 23.1. The van der Waals surface area contributed by atoms with Crippen LogP contribution in [0.3, 0.4) is 0 Å². The molecule has 0 radical (unpaired) electrons. The molecule has 1 fully saturated rings. The molecule has 2 amide bonds. The first-order valence-electron chi connectivity index (χ1n) is 14.1. The molecule has 0 spiro atoms. The molecule has 1 heterocycles. The van der Waals surface area contributed by atoms with Crippen molar-refractivity contribution in [3.05, 3.63) is 106 Å². The van der Waals surface area contributed by atoms with Crippen molar-refractivity contribution in [1.29, 1.82) is 0 Å². The van der Waals surface area contributed by atoms with Gasteiger partial charge < -0.3 is 10.2 Å². The summed E-state index contributed by atoms with van der Waals surface area (Å²) in [6.45, 7) is 8.19. The minimum absolute atomic E-state index is 0.0498. The maximum Gasteiger partial charge on any atom is 0.251 e. The van der Waals surface area contributed by atoms with Crippen LogP contribution in [-0.2, 0) is 24.4 Å². The van der Waals surface area contributed by atoms with E-state index < -0.39 is 0 Å². The van der Waals surface area contributed by atoms with E-state index in [4.69, 9.17) is 0 Å². The Balaban J connectivity index is 1.38. The lowest BCUT2D eigenvalue weighted by Crippen LogP contribution is -2.48. The Labute approximate surface area is 241 Å². The van der Waals surface area contributed by atoms with Gasteiger partial charge in [-0.05, 0) is 66.6 Å². The highest BCUT2D eigenvalue weighted by molar-refractivity contribution is 9.10. The number of benzene rings is 3. The zero-order valence-corrected chi connectivity index (χ0v) is 24.7. The smallest absolute Gasteiger partial charge is 0.251 e. The molecule has 0 unspecified atom stereocenters. The van der Waals surface area contributed by atoms with Gasteiger partial charge in [0.1, 0.15) is 0 Å². The lowest BCUT2D eigenvalue weighted by molar-refractivity contribution is -0.140. The number of carbonyl (C=O) groups is 2. The first-order chi connectivity index (χ1) is 19.0. The molecule has 4 rings (SSSR count). The largest absolute Gasteiger partial charge is 0.348 e. The van der Waals surface area contributed by atoms with E-state index in [0.29, 0.717) is 18.7 Å². The molecule has 1 aliphatic rings. The van der Waals surface area contributed by atoms with Crippen LogP contribution in [0.2, 0.25) is 0 Å². The second-order valence-corrected chi connectivity index (χ2v) is 11.4. The molecule has 206 valence electrons. The number of carbonyl (C=O) groups excluding carboxylic acids is 2. The topological polar surface area (TPSA) is 52.7 Å². The number of amides is 2. The summed E-state index contributed by atoms with van der Waals surface area (Å²) in [4.78, 5) is 30.9.